The quantitative estimate of drug-likeness (QED) is 0.873. The molecule has 0 bridgehead atoms. The Bertz CT molecular complexity index is 456. The number of amides is 1. The van der Waals surface area contributed by atoms with Crippen LogP contribution in [0, 0.1) is 0 Å². The fourth-order valence-corrected chi connectivity index (χ4v) is 3.07. The third-order valence-electron chi connectivity index (χ3n) is 4.30. The molecule has 1 aliphatic rings. The normalized spacial score (nSPS) is 21.9. The molecule has 0 aromatic heterocycles. The van der Waals surface area contributed by atoms with Crippen molar-refractivity contribution in [2.75, 3.05) is 13.2 Å². The van der Waals surface area contributed by atoms with Crippen LogP contribution in [0.5, 0.6) is 0 Å². The lowest BCUT2D eigenvalue weighted by atomic mass is 9.90. The number of likely N-dealkylation sites (tertiary alicyclic amines) is 1. The first-order chi connectivity index (χ1) is 10.0. The number of benzene rings is 1. The zero-order chi connectivity index (χ0) is 15.3. The van der Waals surface area contributed by atoms with Crippen LogP contribution < -0.4 is 0 Å². The number of hydrogen-bond donors (Lipinski definition) is 2. The second-order valence-electron chi connectivity index (χ2n) is 6.07. The third kappa shape index (κ3) is 4.05. The van der Waals surface area contributed by atoms with Crippen LogP contribution in [0.25, 0.3) is 0 Å². The largest absolute Gasteiger partial charge is 0.396 e. The van der Waals surface area contributed by atoms with E-state index in [0.29, 0.717) is 6.42 Å². The zero-order valence-electron chi connectivity index (χ0n) is 12.7. The molecule has 1 heterocycles. The zero-order valence-corrected chi connectivity index (χ0v) is 12.7. The molecule has 1 aromatic rings. The second-order valence-corrected chi connectivity index (χ2v) is 6.07. The van der Waals surface area contributed by atoms with E-state index in [-0.39, 0.29) is 25.0 Å². The number of carbonyl (C=O) groups excluding carboxylic acids is 1. The topological polar surface area (TPSA) is 60.8 Å². The first-order valence-corrected chi connectivity index (χ1v) is 7.73. The van der Waals surface area contributed by atoms with Gasteiger partial charge >= 0.3 is 0 Å². The predicted octanol–water partition coefficient (Wildman–Crippen LogP) is 2.05. The van der Waals surface area contributed by atoms with Gasteiger partial charge in [-0.1, -0.05) is 30.3 Å². The Morgan fingerprint density at radius 2 is 2.05 bits per heavy atom. The number of nitrogens with zero attached hydrogens (tertiary/aromatic N) is 1. The Morgan fingerprint density at radius 3 is 2.71 bits per heavy atom. The molecular weight excluding hydrogens is 266 g/mol. The maximum Gasteiger partial charge on any atom is 0.226 e. The Morgan fingerprint density at radius 1 is 1.33 bits per heavy atom. The highest BCUT2D eigenvalue weighted by Crippen LogP contribution is 2.27. The van der Waals surface area contributed by atoms with E-state index in [1.165, 1.54) is 0 Å². The molecular formula is C17H25NO3. The van der Waals surface area contributed by atoms with Crippen molar-refractivity contribution in [2.45, 2.75) is 50.7 Å². The van der Waals surface area contributed by atoms with Crippen molar-refractivity contribution in [2.24, 2.45) is 0 Å². The molecule has 2 unspecified atom stereocenters. The monoisotopic (exact) mass is 291 g/mol. The van der Waals surface area contributed by atoms with Crippen molar-refractivity contribution < 1.29 is 15.0 Å². The molecule has 1 aliphatic heterocycles. The summed E-state index contributed by atoms with van der Waals surface area (Å²) in [5.74, 6) is -0.0259. The van der Waals surface area contributed by atoms with Crippen molar-refractivity contribution in [1.29, 1.82) is 0 Å². The highest BCUT2D eigenvalue weighted by atomic mass is 16.3. The molecule has 21 heavy (non-hydrogen) atoms. The van der Waals surface area contributed by atoms with Gasteiger partial charge < -0.3 is 15.1 Å². The summed E-state index contributed by atoms with van der Waals surface area (Å²) in [4.78, 5) is 14.4. The van der Waals surface area contributed by atoms with Crippen molar-refractivity contribution >= 4 is 5.91 Å². The van der Waals surface area contributed by atoms with Crippen LogP contribution in [0.2, 0.25) is 0 Å². The standard InChI is InChI=1S/C17H25NO3/c1-17(21,14-7-3-2-4-8-14)13-16(20)18-11-6-5-9-15(18)10-12-19/h2-4,7-8,15,19,21H,5-6,9-13H2,1H3. The molecule has 1 amide bonds. The fourth-order valence-electron chi connectivity index (χ4n) is 3.07. The van der Waals surface area contributed by atoms with E-state index in [9.17, 15) is 9.90 Å². The van der Waals surface area contributed by atoms with Crippen molar-refractivity contribution in [3.05, 3.63) is 35.9 Å². The van der Waals surface area contributed by atoms with Gasteiger partial charge in [-0.3, -0.25) is 4.79 Å². The minimum Gasteiger partial charge on any atom is -0.396 e. The van der Waals surface area contributed by atoms with Gasteiger partial charge in [-0.05, 0) is 38.2 Å². The molecule has 116 valence electrons. The van der Waals surface area contributed by atoms with Gasteiger partial charge in [-0.25, -0.2) is 0 Å². The number of aliphatic hydroxyl groups excluding tert-OH is 1. The third-order valence-corrected chi connectivity index (χ3v) is 4.30. The Hall–Kier alpha value is -1.39. The number of hydrogen-bond acceptors (Lipinski definition) is 3. The van der Waals surface area contributed by atoms with Crippen LogP contribution in [-0.2, 0) is 10.4 Å². The molecule has 2 atom stereocenters. The van der Waals surface area contributed by atoms with Gasteiger partial charge in [0.2, 0.25) is 5.91 Å². The Balaban J connectivity index is 2.05. The van der Waals surface area contributed by atoms with Crippen molar-refractivity contribution in [3.63, 3.8) is 0 Å². The highest BCUT2D eigenvalue weighted by Gasteiger charge is 2.32. The van der Waals surface area contributed by atoms with Crippen LogP contribution in [0.15, 0.2) is 30.3 Å². The first kappa shape index (κ1) is 16.0. The van der Waals surface area contributed by atoms with E-state index in [4.69, 9.17) is 5.11 Å². The lowest BCUT2D eigenvalue weighted by Gasteiger charge is -2.37. The van der Waals surface area contributed by atoms with E-state index in [1.807, 2.05) is 35.2 Å². The van der Waals surface area contributed by atoms with Gasteiger partial charge in [0, 0.05) is 19.2 Å². The summed E-state index contributed by atoms with van der Waals surface area (Å²) in [5, 5.41) is 19.7. The van der Waals surface area contributed by atoms with Gasteiger partial charge in [0.25, 0.3) is 0 Å². The van der Waals surface area contributed by atoms with Crippen LogP contribution in [0.3, 0.4) is 0 Å². The minimum absolute atomic E-state index is 0.0259. The maximum absolute atomic E-state index is 12.6. The summed E-state index contributed by atoms with van der Waals surface area (Å²) in [5.41, 5.74) is -0.395. The molecule has 4 nitrogen and oxygen atoms in total. The fraction of sp³-hybridized carbons (Fsp3) is 0.588. The molecule has 2 rings (SSSR count). The first-order valence-electron chi connectivity index (χ1n) is 7.73. The smallest absolute Gasteiger partial charge is 0.226 e. The van der Waals surface area contributed by atoms with E-state index in [0.717, 1.165) is 31.4 Å². The molecule has 1 fully saturated rings. The minimum atomic E-state index is -1.15. The number of piperidine rings is 1. The van der Waals surface area contributed by atoms with E-state index >= 15 is 0 Å². The van der Waals surface area contributed by atoms with Crippen molar-refractivity contribution in [1.82, 2.24) is 4.90 Å². The van der Waals surface area contributed by atoms with Gasteiger partial charge in [0.05, 0.1) is 12.0 Å². The van der Waals surface area contributed by atoms with Crippen LogP contribution in [0.4, 0.5) is 0 Å². The van der Waals surface area contributed by atoms with E-state index in [2.05, 4.69) is 0 Å². The molecule has 1 aromatic carbocycles. The predicted molar refractivity (Wildman–Crippen MR) is 81.7 cm³/mol. The van der Waals surface area contributed by atoms with E-state index < -0.39 is 5.60 Å². The summed E-state index contributed by atoms with van der Waals surface area (Å²) >= 11 is 0. The molecule has 1 saturated heterocycles. The summed E-state index contributed by atoms with van der Waals surface area (Å²) in [7, 11) is 0. The average molecular weight is 291 g/mol. The average Bonchev–Trinajstić information content (AvgIpc) is 2.48. The van der Waals surface area contributed by atoms with Gasteiger partial charge in [-0.15, -0.1) is 0 Å². The summed E-state index contributed by atoms with van der Waals surface area (Å²) in [6, 6.07) is 9.42. The lowest BCUT2D eigenvalue weighted by molar-refractivity contribution is -0.140. The summed E-state index contributed by atoms with van der Waals surface area (Å²) in [6.07, 6.45) is 3.75. The Kier molecular flexibility index (Phi) is 5.37. The number of aliphatic hydroxyl groups is 2. The molecule has 0 aliphatic carbocycles. The lowest BCUT2D eigenvalue weighted by Crippen LogP contribution is -2.46. The maximum atomic E-state index is 12.6. The van der Waals surface area contributed by atoms with Crippen molar-refractivity contribution in [3.8, 4) is 0 Å². The van der Waals surface area contributed by atoms with Crippen LogP contribution in [-0.4, -0.2) is 40.2 Å². The number of rotatable bonds is 5. The van der Waals surface area contributed by atoms with Gasteiger partial charge in [0.15, 0.2) is 0 Å². The summed E-state index contributed by atoms with van der Waals surface area (Å²) < 4.78 is 0. The van der Waals surface area contributed by atoms with Gasteiger partial charge in [-0.2, -0.15) is 0 Å². The van der Waals surface area contributed by atoms with Crippen LogP contribution >= 0.6 is 0 Å². The highest BCUT2D eigenvalue weighted by molar-refractivity contribution is 5.78. The second kappa shape index (κ2) is 7.05. The molecule has 0 radical (unpaired) electrons. The summed E-state index contributed by atoms with van der Waals surface area (Å²) in [6.45, 7) is 2.52. The molecule has 0 spiro atoms. The van der Waals surface area contributed by atoms with E-state index in [1.54, 1.807) is 6.92 Å². The van der Waals surface area contributed by atoms with Gasteiger partial charge in [0.1, 0.15) is 0 Å². The molecule has 0 saturated carbocycles. The molecule has 4 heteroatoms. The molecule has 2 N–H and O–H groups in total. The SMILES string of the molecule is CC(O)(CC(=O)N1CCCCC1CCO)c1ccccc1. The van der Waals surface area contributed by atoms with Crippen LogP contribution in [0.1, 0.15) is 44.6 Å². The number of carbonyl (C=O) groups is 1. The Labute approximate surface area is 126 Å².